The molecular weight excluding hydrogens is 654 g/mol. The fourth-order valence-corrected chi connectivity index (χ4v) is 7.93. The predicted octanol–water partition coefficient (Wildman–Crippen LogP) is 3.41. The fourth-order valence-electron chi connectivity index (χ4n) is 7.19. The first-order chi connectivity index (χ1) is 22.3. The van der Waals surface area contributed by atoms with Crippen LogP contribution in [0, 0.1) is 11.8 Å². The molecule has 1 spiro atoms. The van der Waals surface area contributed by atoms with E-state index in [1.54, 1.807) is 11.0 Å². The fraction of sp³-hybridized carbons (Fsp3) is 0.429. The molecule has 4 aliphatic heterocycles. The van der Waals surface area contributed by atoms with Crippen LogP contribution < -0.4 is 5.32 Å². The van der Waals surface area contributed by atoms with Crippen LogP contribution in [0.15, 0.2) is 83.4 Å². The van der Waals surface area contributed by atoms with Gasteiger partial charge in [-0.2, -0.15) is 0 Å². The second kappa shape index (κ2) is 13.5. The van der Waals surface area contributed by atoms with Crippen molar-refractivity contribution in [3.05, 3.63) is 94.5 Å². The number of allylic oxidation sites excluding steroid dienone is 1. The number of amides is 3. The molecule has 2 N–H and O–H groups in total. The minimum absolute atomic E-state index is 0.0855. The summed E-state index contributed by atoms with van der Waals surface area (Å²) in [6.45, 7) is 1.90. The second-order valence-corrected chi connectivity index (χ2v) is 13.1. The number of cyclic esters (lactones) is 1. The number of aliphatic hydroxyl groups excluding tert-OH is 1. The molecule has 242 valence electrons. The van der Waals surface area contributed by atoms with Gasteiger partial charge in [0.05, 0.1) is 30.5 Å². The molecule has 0 radical (unpaired) electrons. The third kappa shape index (κ3) is 5.80. The van der Waals surface area contributed by atoms with Crippen molar-refractivity contribution < 1.29 is 33.8 Å². The maximum absolute atomic E-state index is 14.8. The SMILES string of the molecule is CC[C@@H](CO)N1C(=O)[C@H]2[C@@H]3C(=O)N[C@H](c4ccccc4)COC(=O)CC/C=C\CN(Cc4ccccc4)C(=O)[C@H]1[C@@]21C=C(Br)[C@@H]3O1. The first-order valence-corrected chi connectivity index (χ1v) is 16.6. The molecule has 2 fully saturated rings. The zero-order valence-corrected chi connectivity index (χ0v) is 27.2. The number of likely N-dealkylation sites (tertiary alicyclic amines) is 1. The van der Waals surface area contributed by atoms with Gasteiger partial charge < -0.3 is 29.7 Å². The number of carbonyl (C=O) groups is 4. The molecule has 0 unspecified atom stereocenters. The van der Waals surface area contributed by atoms with Crippen LogP contribution in [0.25, 0.3) is 0 Å². The Hall–Kier alpha value is -3.80. The average molecular weight is 693 g/mol. The van der Waals surface area contributed by atoms with E-state index in [1.165, 1.54) is 4.90 Å². The van der Waals surface area contributed by atoms with Gasteiger partial charge in [0.1, 0.15) is 24.4 Å². The molecule has 10 nitrogen and oxygen atoms in total. The lowest BCUT2D eigenvalue weighted by Gasteiger charge is -2.38. The number of aliphatic hydroxyl groups is 1. The van der Waals surface area contributed by atoms with Crippen molar-refractivity contribution in [3.8, 4) is 0 Å². The van der Waals surface area contributed by atoms with E-state index in [9.17, 15) is 24.3 Å². The molecular formula is C35H38BrN3O7. The molecule has 2 aromatic rings. The smallest absolute Gasteiger partial charge is 0.306 e. The number of hydrogen-bond donors (Lipinski definition) is 2. The first-order valence-electron chi connectivity index (χ1n) is 15.8. The highest BCUT2D eigenvalue weighted by atomic mass is 79.9. The molecule has 0 aromatic heterocycles. The quantitative estimate of drug-likeness (QED) is 0.351. The summed E-state index contributed by atoms with van der Waals surface area (Å²) < 4.78 is 12.8. The minimum Gasteiger partial charge on any atom is -0.463 e. The van der Waals surface area contributed by atoms with Crippen molar-refractivity contribution in [1.82, 2.24) is 15.1 Å². The summed E-state index contributed by atoms with van der Waals surface area (Å²) in [5, 5.41) is 13.5. The monoisotopic (exact) mass is 691 g/mol. The van der Waals surface area contributed by atoms with Crippen LogP contribution >= 0.6 is 15.9 Å². The maximum atomic E-state index is 14.8. The highest BCUT2D eigenvalue weighted by Gasteiger charge is 2.75. The van der Waals surface area contributed by atoms with E-state index in [-0.39, 0.29) is 38.6 Å². The van der Waals surface area contributed by atoms with Crippen LogP contribution in [0.3, 0.4) is 0 Å². The number of nitrogens with one attached hydrogen (secondary N) is 1. The molecule has 2 saturated heterocycles. The zero-order valence-electron chi connectivity index (χ0n) is 25.6. The Balaban J connectivity index is 1.45. The van der Waals surface area contributed by atoms with Gasteiger partial charge in [0.25, 0.3) is 0 Å². The van der Waals surface area contributed by atoms with Gasteiger partial charge in [-0.05, 0) is 30.0 Å². The molecule has 4 heterocycles. The molecule has 3 amide bonds. The van der Waals surface area contributed by atoms with Gasteiger partial charge >= 0.3 is 5.97 Å². The minimum atomic E-state index is -1.43. The Morgan fingerprint density at radius 2 is 1.74 bits per heavy atom. The molecule has 46 heavy (non-hydrogen) atoms. The number of nitrogens with zero attached hydrogens (tertiary/aromatic N) is 2. The van der Waals surface area contributed by atoms with Crippen molar-refractivity contribution in [1.29, 1.82) is 0 Å². The number of benzene rings is 2. The number of rotatable bonds is 6. The normalized spacial score (nSPS) is 31.3. The molecule has 7 atom stereocenters. The molecule has 4 aliphatic rings. The van der Waals surface area contributed by atoms with Gasteiger partial charge in [0.2, 0.25) is 17.7 Å². The van der Waals surface area contributed by atoms with E-state index in [4.69, 9.17) is 9.47 Å². The molecule has 0 saturated carbocycles. The third-order valence-electron chi connectivity index (χ3n) is 9.44. The van der Waals surface area contributed by atoms with Crippen molar-refractivity contribution in [2.45, 2.75) is 62.6 Å². The van der Waals surface area contributed by atoms with E-state index in [0.717, 1.165) is 11.1 Å². The van der Waals surface area contributed by atoms with Gasteiger partial charge in [-0.1, -0.05) is 95.7 Å². The lowest BCUT2D eigenvalue weighted by Crippen LogP contribution is -2.58. The standard InChI is InChI=1S/C35H38BrN3O7/c1-2-24(20-40)39-31-34(44)38(19-22-12-6-3-7-13-22)17-11-5-10-16-27(41)45-21-26(23-14-8-4-9-15-23)37-32(42)28-29(33(39)43)35(31)18-25(36)30(28)46-35/h3-9,11-15,18,24,26,28-31,40H,2,10,16-17,19-21H2,1H3,(H,37,42)/b11-5-/t24-,26-,28-,29+,30-,31-,35+/m0/s1. The summed E-state index contributed by atoms with van der Waals surface area (Å²) >= 11 is 3.60. The number of carbonyl (C=O) groups excluding carboxylic acids is 4. The topological polar surface area (TPSA) is 125 Å². The van der Waals surface area contributed by atoms with Crippen LogP contribution in [0.5, 0.6) is 0 Å². The summed E-state index contributed by atoms with van der Waals surface area (Å²) in [4.78, 5) is 59.4. The Labute approximate surface area is 276 Å². The molecule has 0 aliphatic carbocycles. The Morgan fingerprint density at radius 3 is 2.43 bits per heavy atom. The third-order valence-corrected chi connectivity index (χ3v) is 10.1. The van der Waals surface area contributed by atoms with E-state index < -0.39 is 59.5 Å². The maximum Gasteiger partial charge on any atom is 0.306 e. The summed E-state index contributed by atoms with van der Waals surface area (Å²) in [5.74, 6) is -3.58. The van der Waals surface area contributed by atoms with Gasteiger partial charge in [0.15, 0.2) is 0 Å². The van der Waals surface area contributed by atoms with Gasteiger partial charge in [0, 0.05) is 24.0 Å². The van der Waals surface area contributed by atoms with E-state index >= 15 is 0 Å². The van der Waals surface area contributed by atoms with Crippen molar-refractivity contribution in [3.63, 3.8) is 0 Å². The molecule has 11 heteroatoms. The molecule has 6 rings (SSSR count). The van der Waals surface area contributed by atoms with Crippen molar-refractivity contribution in [2.24, 2.45) is 11.8 Å². The Morgan fingerprint density at radius 1 is 1.02 bits per heavy atom. The first kappa shape index (κ1) is 32.2. The van der Waals surface area contributed by atoms with Gasteiger partial charge in [-0.3, -0.25) is 19.2 Å². The van der Waals surface area contributed by atoms with Gasteiger partial charge in [-0.15, -0.1) is 0 Å². The largest absolute Gasteiger partial charge is 0.463 e. The number of esters is 1. The summed E-state index contributed by atoms with van der Waals surface area (Å²) in [5.41, 5.74) is 0.212. The number of halogens is 1. The van der Waals surface area contributed by atoms with Crippen LogP contribution in [0.2, 0.25) is 0 Å². The van der Waals surface area contributed by atoms with Crippen LogP contribution in [0.1, 0.15) is 43.4 Å². The summed E-state index contributed by atoms with van der Waals surface area (Å²) in [6, 6.07) is 16.3. The highest BCUT2D eigenvalue weighted by molar-refractivity contribution is 9.11. The van der Waals surface area contributed by atoms with Crippen LogP contribution in [-0.2, 0) is 35.2 Å². The lowest BCUT2D eigenvalue weighted by atomic mass is 9.74. The van der Waals surface area contributed by atoms with Crippen LogP contribution in [0.4, 0.5) is 0 Å². The van der Waals surface area contributed by atoms with Crippen LogP contribution in [-0.4, -0.2) is 82.1 Å². The van der Waals surface area contributed by atoms with Crippen molar-refractivity contribution in [2.75, 3.05) is 19.8 Å². The zero-order chi connectivity index (χ0) is 32.4. The lowest BCUT2D eigenvalue weighted by molar-refractivity contribution is -0.151. The molecule has 2 aromatic carbocycles. The average Bonchev–Trinajstić information content (AvgIpc) is 3.66. The summed E-state index contributed by atoms with van der Waals surface area (Å²) in [7, 11) is 0. The number of fused-ring (bicyclic) bond motifs is 2. The van der Waals surface area contributed by atoms with E-state index in [1.807, 2.05) is 79.7 Å². The molecule has 5 bridgehead atoms. The highest BCUT2D eigenvalue weighted by Crippen LogP contribution is 2.59. The Bertz CT molecular complexity index is 1530. The van der Waals surface area contributed by atoms with E-state index in [2.05, 4.69) is 21.2 Å². The van der Waals surface area contributed by atoms with Crippen molar-refractivity contribution >= 4 is 39.6 Å². The number of hydrogen-bond acceptors (Lipinski definition) is 7. The predicted molar refractivity (Wildman–Crippen MR) is 172 cm³/mol. The number of ether oxygens (including phenoxy) is 2. The van der Waals surface area contributed by atoms with E-state index in [0.29, 0.717) is 17.3 Å². The second-order valence-electron chi connectivity index (χ2n) is 12.2. The van der Waals surface area contributed by atoms with Gasteiger partial charge in [-0.25, -0.2) is 0 Å². The Kier molecular flexibility index (Phi) is 9.44. The summed E-state index contributed by atoms with van der Waals surface area (Å²) in [6.07, 6.45) is 5.61.